The zero-order chi connectivity index (χ0) is 19.9. The fourth-order valence-corrected chi connectivity index (χ4v) is 3.63. The van der Waals surface area contributed by atoms with Gasteiger partial charge in [-0.3, -0.25) is 14.4 Å². The molecule has 2 unspecified atom stereocenters. The first-order chi connectivity index (χ1) is 12.2. The van der Waals surface area contributed by atoms with Crippen LogP contribution in [0.1, 0.15) is 47.0 Å². The zero-order valence-electron chi connectivity index (χ0n) is 16.5. The van der Waals surface area contributed by atoms with E-state index < -0.39 is 24.0 Å². The maximum Gasteiger partial charge on any atom is 0.226 e. The van der Waals surface area contributed by atoms with Crippen molar-refractivity contribution in [3.63, 3.8) is 0 Å². The Morgan fingerprint density at radius 3 is 2.42 bits per heavy atom. The van der Waals surface area contributed by atoms with Crippen LogP contribution in [0.25, 0.3) is 0 Å². The van der Waals surface area contributed by atoms with Gasteiger partial charge in [0.25, 0.3) is 0 Å². The maximum atomic E-state index is 12.9. The van der Waals surface area contributed by atoms with Crippen LogP contribution < -0.4 is 16.4 Å². The molecule has 0 aliphatic carbocycles. The Kier molecular flexibility index (Phi) is 9.39. The lowest BCUT2D eigenvalue weighted by molar-refractivity contribution is -0.136. The molecule has 1 saturated heterocycles. The summed E-state index contributed by atoms with van der Waals surface area (Å²) in [5.41, 5.74) is 5.51. The smallest absolute Gasteiger partial charge is 0.226 e. The Hall–Kier alpha value is -1.31. The molecule has 5 N–H and O–H groups in total. The second-order valence-corrected chi connectivity index (χ2v) is 7.91. The molecule has 7 heteroatoms. The van der Waals surface area contributed by atoms with E-state index in [0.717, 1.165) is 19.4 Å². The van der Waals surface area contributed by atoms with Crippen LogP contribution in [-0.4, -0.2) is 54.4 Å². The molecule has 0 spiro atoms. The van der Waals surface area contributed by atoms with Gasteiger partial charge in [-0.05, 0) is 45.1 Å². The monoisotopic (exact) mass is 369 g/mol. The molecule has 1 aliphatic rings. The number of nitrogens with two attached hydrogens (primary N) is 1. The van der Waals surface area contributed by atoms with Gasteiger partial charge in [-0.1, -0.05) is 13.8 Å². The van der Waals surface area contributed by atoms with Crippen molar-refractivity contribution in [2.45, 2.75) is 59.1 Å². The van der Waals surface area contributed by atoms with Crippen LogP contribution in [0, 0.1) is 23.7 Å². The normalized spacial score (nSPS) is 24.0. The number of aliphatic hydroxyl groups excluding tert-OH is 1. The van der Waals surface area contributed by atoms with Gasteiger partial charge in [0.2, 0.25) is 5.91 Å². The van der Waals surface area contributed by atoms with Gasteiger partial charge in [-0.25, -0.2) is 0 Å². The third kappa shape index (κ3) is 6.78. The number of ketones is 2. The lowest BCUT2D eigenvalue weighted by Gasteiger charge is -2.33. The highest BCUT2D eigenvalue weighted by Crippen LogP contribution is 2.29. The van der Waals surface area contributed by atoms with Crippen LogP contribution in [-0.2, 0) is 14.4 Å². The fraction of sp³-hybridized carbons (Fsp3) is 0.842. The maximum absolute atomic E-state index is 12.9. The number of hydrogen-bond donors (Lipinski definition) is 4. The molecule has 0 aromatic rings. The predicted octanol–water partition coefficient (Wildman–Crippen LogP) is 0.247. The number of hydrogen-bond acceptors (Lipinski definition) is 6. The van der Waals surface area contributed by atoms with E-state index >= 15 is 0 Å². The van der Waals surface area contributed by atoms with E-state index in [1.54, 1.807) is 0 Å². The first-order valence-corrected chi connectivity index (χ1v) is 9.59. The number of carbonyl (C=O) groups is 3. The highest BCUT2D eigenvalue weighted by Gasteiger charge is 2.35. The Balaban J connectivity index is 2.79. The number of rotatable bonds is 10. The topological polar surface area (TPSA) is 122 Å². The van der Waals surface area contributed by atoms with Crippen molar-refractivity contribution in [1.82, 2.24) is 10.6 Å². The molecule has 1 amide bonds. The van der Waals surface area contributed by atoms with Crippen molar-refractivity contribution in [3.8, 4) is 0 Å². The standard InChI is InChI=1S/C19H35N3O4/c1-11(2)7-14-5-6-21-10-16(14)18(25)8-15(12(3)23)19(26)22-17(9-20)13(4)24/h11-12,14-17,21,23H,5-10,20H2,1-4H3,(H,22,26)/t12-,14?,15-,16?,17-/m0/s1. The number of aliphatic hydroxyl groups is 1. The summed E-state index contributed by atoms with van der Waals surface area (Å²) in [5, 5.41) is 15.8. The van der Waals surface area contributed by atoms with E-state index in [4.69, 9.17) is 5.73 Å². The average Bonchev–Trinajstić information content (AvgIpc) is 2.56. The van der Waals surface area contributed by atoms with Gasteiger partial charge in [-0.15, -0.1) is 0 Å². The molecule has 0 bridgehead atoms. The lowest BCUT2D eigenvalue weighted by atomic mass is 9.76. The molecule has 1 aliphatic heterocycles. The SMILES string of the molecule is CC(=O)[C@H](CN)NC(=O)[C@@H](CC(=O)C1CNCCC1CC(C)C)[C@H](C)O. The van der Waals surface area contributed by atoms with E-state index in [9.17, 15) is 19.5 Å². The Morgan fingerprint density at radius 1 is 1.27 bits per heavy atom. The third-order valence-corrected chi connectivity index (χ3v) is 5.20. The Morgan fingerprint density at radius 2 is 1.92 bits per heavy atom. The number of amides is 1. The molecule has 0 saturated carbocycles. The Bertz CT molecular complexity index is 493. The van der Waals surface area contributed by atoms with Gasteiger partial charge in [-0.2, -0.15) is 0 Å². The summed E-state index contributed by atoms with van der Waals surface area (Å²) < 4.78 is 0. The number of piperidine rings is 1. The summed E-state index contributed by atoms with van der Waals surface area (Å²) in [6.45, 7) is 8.64. The molecule has 7 nitrogen and oxygen atoms in total. The first kappa shape index (κ1) is 22.7. The lowest BCUT2D eigenvalue weighted by Crippen LogP contribution is -2.50. The minimum atomic E-state index is -0.982. The van der Waals surface area contributed by atoms with Gasteiger partial charge in [0.05, 0.1) is 18.1 Å². The fourth-order valence-electron chi connectivity index (χ4n) is 3.63. The van der Waals surface area contributed by atoms with Crippen LogP contribution in [0.2, 0.25) is 0 Å². The molecule has 0 aromatic heterocycles. The van der Waals surface area contributed by atoms with Crippen LogP contribution >= 0.6 is 0 Å². The van der Waals surface area contributed by atoms with Crippen molar-refractivity contribution in [2.75, 3.05) is 19.6 Å². The van der Waals surface area contributed by atoms with E-state index in [1.165, 1.54) is 13.8 Å². The minimum Gasteiger partial charge on any atom is -0.393 e. The number of nitrogens with one attached hydrogen (secondary N) is 2. The molecule has 150 valence electrons. The van der Waals surface area contributed by atoms with Gasteiger partial charge >= 0.3 is 0 Å². The average molecular weight is 370 g/mol. The molecule has 1 heterocycles. The molecule has 1 rings (SSSR count). The van der Waals surface area contributed by atoms with Crippen LogP contribution in [0.15, 0.2) is 0 Å². The zero-order valence-corrected chi connectivity index (χ0v) is 16.5. The van der Waals surface area contributed by atoms with Crippen molar-refractivity contribution in [3.05, 3.63) is 0 Å². The summed E-state index contributed by atoms with van der Waals surface area (Å²) in [5.74, 6) is -0.958. The quantitative estimate of drug-likeness (QED) is 0.438. The molecule has 0 radical (unpaired) electrons. The number of Topliss-reactive ketones (excluding diaryl/α,β-unsaturated/α-hetero) is 2. The van der Waals surface area contributed by atoms with Gasteiger partial charge < -0.3 is 21.5 Å². The van der Waals surface area contributed by atoms with E-state index in [1.807, 2.05) is 0 Å². The van der Waals surface area contributed by atoms with E-state index in [0.29, 0.717) is 18.4 Å². The highest BCUT2D eigenvalue weighted by atomic mass is 16.3. The minimum absolute atomic E-state index is 0.00368. The van der Waals surface area contributed by atoms with Crippen molar-refractivity contribution < 1.29 is 19.5 Å². The third-order valence-electron chi connectivity index (χ3n) is 5.20. The summed E-state index contributed by atoms with van der Waals surface area (Å²) in [6.07, 6.45) is 0.909. The first-order valence-electron chi connectivity index (χ1n) is 9.59. The Labute approximate surface area is 156 Å². The molecule has 26 heavy (non-hydrogen) atoms. The van der Waals surface area contributed by atoms with Crippen molar-refractivity contribution in [2.24, 2.45) is 29.4 Å². The molecule has 5 atom stereocenters. The molecule has 0 aromatic carbocycles. The second kappa shape index (κ2) is 10.7. The van der Waals surface area contributed by atoms with E-state index in [-0.39, 0.29) is 30.4 Å². The molecular formula is C19H35N3O4. The predicted molar refractivity (Wildman–Crippen MR) is 100 cm³/mol. The summed E-state index contributed by atoms with van der Waals surface area (Å²) >= 11 is 0. The van der Waals surface area contributed by atoms with Gasteiger partial charge in [0, 0.05) is 25.4 Å². The summed E-state index contributed by atoms with van der Waals surface area (Å²) in [4.78, 5) is 36.9. The van der Waals surface area contributed by atoms with Crippen LogP contribution in [0.5, 0.6) is 0 Å². The summed E-state index contributed by atoms with van der Waals surface area (Å²) in [7, 11) is 0. The second-order valence-electron chi connectivity index (χ2n) is 7.91. The van der Waals surface area contributed by atoms with Gasteiger partial charge in [0.15, 0.2) is 5.78 Å². The summed E-state index contributed by atoms with van der Waals surface area (Å²) in [6, 6.07) is -0.788. The van der Waals surface area contributed by atoms with Crippen LogP contribution in [0.4, 0.5) is 0 Å². The van der Waals surface area contributed by atoms with Crippen LogP contribution in [0.3, 0.4) is 0 Å². The van der Waals surface area contributed by atoms with E-state index in [2.05, 4.69) is 24.5 Å². The molecule has 1 fully saturated rings. The van der Waals surface area contributed by atoms with Crippen molar-refractivity contribution in [1.29, 1.82) is 0 Å². The largest absolute Gasteiger partial charge is 0.393 e. The highest BCUT2D eigenvalue weighted by molar-refractivity contribution is 5.92. The number of carbonyl (C=O) groups excluding carboxylic acids is 3. The van der Waals surface area contributed by atoms with Gasteiger partial charge in [0.1, 0.15) is 5.78 Å². The van der Waals surface area contributed by atoms with Crippen molar-refractivity contribution >= 4 is 17.5 Å². The molecular weight excluding hydrogens is 334 g/mol.